The van der Waals surface area contributed by atoms with Crippen molar-refractivity contribution in [3.8, 4) is 0 Å². The zero-order valence-corrected chi connectivity index (χ0v) is 12.9. The van der Waals surface area contributed by atoms with E-state index in [1.807, 2.05) is 6.07 Å². The first-order chi connectivity index (χ1) is 9.58. The molecular weight excluding hydrogens is 272 g/mol. The van der Waals surface area contributed by atoms with Gasteiger partial charge < -0.3 is 4.90 Å². The monoisotopic (exact) mass is 296 g/mol. The summed E-state index contributed by atoms with van der Waals surface area (Å²) < 4.78 is 26.7. The average molecular weight is 296 g/mol. The number of likely N-dealkylation sites (tertiary alicyclic amines) is 1. The van der Waals surface area contributed by atoms with Crippen LogP contribution in [0.5, 0.6) is 0 Å². The van der Waals surface area contributed by atoms with Crippen molar-refractivity contribution in [3.05, 3.63) is 30.3 Å². The zero-order chi connectivity index (χ0) is 14.4. The van der Waals surface area contributed by atoms with E-state index in [4.69, 9.17) is 0 Å². The Kier molecular flexibility index (Phi) is 5.57. The van der Waals surface area contributed by atoms with Crippen molar-refractivity contribution < 1.29 is 8.42 Å². The molecule has 0 saturated carbocycles. The Morgan fingerprint density at radius 1 is 1.30 bits per heavy atom. The molecule has 1 aliphatic heterocycles. The molecule has 0 bridgehead atoms. The third-order valence-electron chi connectivity index (χ3n) is 3.74. The highest BCUT2D eigenvalue weighted by molar-refractivity contribution is 7.89. The summed E-state index contributed by atoms with van der Waals surface area (Å²) in [4.78, 5) is 2.77. The lowest BCUT2D eigenvalue weighted by molar-refractivity contribution is 0.182. The summed E-state index contributed by atoms with van der Waals surface area (Å²) in [7, 11) is -3.34. The van der Waals surface area contributed by atoms with Crippen molar-refractivity contribution in [3.63, 3.8) is 0 Å². The van der Waals surface area contributed by atoms with Crippen molar-refractivity contribution in [2.24, 2.45) is 5.92 Å². The van der Waals surface area contributed by atoms with E-state index in [1.54, 1.807) is 24.3 Å². The minimum absolute atomic E-state index is 0.339. The van der Waals surface area contributed by atoms with Gasteiger partial charge in [-0.1, -0.05) is 25.1 Å². The molecule has 5 heteroatoms. The Morgan fingerprint density at radius 2 is 2.05 bits per heavy atom. The van der Waals surface area contributed by atoms with Crippen LogP contribution in [0.25, 0.3) is 0 Å². The maximum Gasteiger partial charge on any atom is 0.240 e. The highest BCUT2D eigenvalue weighted by atomic mass is 32.2. The predicted molar refractivity (Wildman–Crippen MR) is 81.1 cm³/mol. The molecule has 20 heavy (non-hydrogen) atoms. The Balaban J connectivity index is 1.73. The van der Waals surface area contributed by atoms with Crippen LogP contribution in [0.2, 0.25) is 0 Å². The van der Waals surface area contributed by atoms with Gasteiger partial charge >= 0.3 is 0 Å². The van der Waals surface area contributed by atoms with Crippen molar-refractivity contribution in [2.45, 2.75) is 31.1 Å². The number of nitrogens with zero attached hydrogens (tertiary/aromatic N) is 1. The number of nitrogens with one attached hydrogen (secondary N) is 1. The molecule has 0 radical (unpaired) electrons. The molecule has 1 heterocycles. The maximum absolute atomic E-state index is 12.0. The van der Waals surface area contributed by atoms with Gasteiger partial charge in [-0.05, 0) is 50.4 Å². The van der Waals surface area contributed by atoms with Crippen LogP contribution >= 0.6 is 0 Å². The number of piperidine rings is 1. The van der Waals surface area contributed by atoms with Gasteiger partial charge in [-0.3, -0.25) is 0 Å². The van der Waals surface area contributed by atoms with E-state index in [0.29, 0.717) is 11.4 Å². The fraction of sp³-hybridized carbons (Fsp3) is 0.600. The third kappa shape index (κ3) is 4.58. The van der Waals surface area contributed by atoms with Crippen LogP contribution in [0.3, 0.4) is 0 Å². The Bertz CT molecular complexity index is 502. The van der Waals surface area contributed by atoms with E-state index in [2.05, 4.69) is 16.5 Å². The molecule has 1 aromatic rings. The standard InChI is InChI=1S/C15H24N2O2S/c1-14-7-5-11-17(13-14)12-6-10-16-20(18,19)15-8-3-2-4-9-15/h2-4,8-9,14,16H,5-7,10-13H2,1H3/t14-/m0/s1. The molecular formula is C15H24N2O2S. The quantitative estimate of drug-likeness (QED) is 0.818. The first kappa shape index (κ1) is 15.5. The highest BCUT2D eigenvalue weighted by Crippen LogP contribution is 2.15. The minimum Gasteiger partial charge on any atom is -0.303 e. The first-order valence-electron chi connectivity index (χ1n) is 7.35. The van der Waals surface area contributed by atoms with Gasteiger partial charge in [0.1, 0.15) is 0 Å². The van der Waals surface area contributed by atoms with E-state index in [1.165, 1.54) is 12.8 Å². The van der Waals surface area contributed by atoms with Crippen LogP contribution in [0.15, 0.2) is 35.2 Å². The van der Waals surface area contributed by atoms with Crippen LogP contribution < -0.4 is 4.72 Å². The Morgan fingerprint density at radius 3 is 2.75 bits per heavy atom. The highest BCUT2D eigenvalue weighted by Gasteiger charge is 2.16. The number of hydrogen-bond donors (Lipinski definition) is 1. The summed E-state index contributed by atoms with van der Waals surface area (Å²) >= 11 is 0. The second-order valence-corrected chi connectivity index (χ2v) is 7.38. The van der Waals surface area contributed by atoms with Crippen molar-refractivity contribution >= 4 is 10.0 Å². The lowest BCUT2D eigenvalue weighted by Crippen LogP contribution is -2.36. The summed E-state index contributed by atoms with van der Waals surface area (Å²) in [6, 6.07) is 8.53. The van der Waals surface area contributed by atoms with Gasteiger partial charge in [0.2, 0.25) is 10.0 Å². The molecule has 0 aromatic heterocycles. The van der Waals surface area contributed by atoms with Gasteiger partial charge in [-0.2, -0.15) is 0 Å². The number of hydrogen-bond acceptors (Lipinski definition) is 3. The Hall–Kier alpha value is -0.910. The van der Waals surface area contributed by atoms with Gasteiger partial charge in [0.15, 0.2) is 0 Å². The molecule has 0 spiro atoms. The molecule has 1 aliphatic rings. The Labute approximate surface area is 122 Å². The summed E-state index contributed by atoms with van der Waals surface area (Å²) in [5.41, 5.74) is 0. The van der Waals surface area contributed by atoms with Gasteiger partial charge in [0, 0.05) is 13.1 Å². The summed E-state index contributed by atoms with van der Waals surface area (Å²) in [6.07, 6.45) is 3.44. The normalized spacial score (nSPS) is 20.9. The molecule has 1 fully saturated rings. The molecule has 1 aromatic carbocycles. The fourth-order valence-electron chi connectivity index (χ4n) is 2.68. The van der Waals surface area contributed by atoms with Gasteiger partial charge in [0.05, 0.1) is 4.90 Å². The van der Waals surface area contributed by atoms with Crippen LogP contribution in [-0.2, 0) is 10.0 Å². The maximum atomic E-state index is 12.0. The van der Waals surface area contributed by atoms with E-state index in [0.717, 1.165) is 32.0 Å². The number of rotatable bonds is 6. The summed E-state index contributed by atoms with van der Waals surface area (Å²) in [5.74, 6) is 0.768. The minimum atomic E-state index is -3.34. The molecule has 4 nitrogen and oxygen atoms in total. The molecule has 0 amide bonds. The molecule has 2 rings (SSSR count). The van der Waals surface area contributed by atoms with Crippen molar-refractivity contribution in [1.29, 1.82) is 0 Å². The van der Waals surface area contributed by atoms with Crippen LogP contribution in [0.1, 0.15) is 26.2 Å². The summed E-state index contributed by atoms with van der Waals surface area (Å²) in [5, 5.41) is 0. The van der Waals surface area contributed by atoms with Gasteiger partial charge in [-0.25, -0.2) is 13.1 Å². The van der Waals surface area contributed by atoms with Crippen LogP contribution in [-0.4, -0.2) is 39.5 Å². The number of sulfonamides is 1. The molecule has 1 atom stereocenters. The van der Waals surface area contributed by atoms with Crippen LogP contribution in [0, 0.1) is 5.92 Å². The topological polar surface area (TPSA) is 49.4 Å². The lowest BCUT2D eigenvalue weighted by atomic mass is 10.0. The van der Waals surface area contributed by atoms with Crippen molar-refractivity contribution in [1.82, 2.24) is 9.62 Å². The van der Waals surface area contributed by atoms with E-state index in [9.17, 15) is 8.42 Å². The molecule has 112 valence electrons. The smallest absolute Gasteiger partial charge is 0.240 e. The fourth-order valence-corrected chi connectivity index (χ4v) is 3.78. The lowest BCUT2D eigenvalue weighted by Gasteiger charge is -2.30. The van der Waals surface area contributed by atoms with E-state index >= 15 is 0 Å². The first-order valence-corrected chi connectivity index (χ1v) is 8.83. The molecule has 1 saturated heterocycles. The predicted octanol–water partition coefficient (Wildman–Crippen LogP) is 2.09. The average Bonchev–Trinajstić information content (AvgIpc) is 2.45. The molecule has 1 N–H and O–H groups in total. The van der Waals surface area contributed by atoms with Gasteiger partial charge in [0.25, 0.3) is 0 Å². The van der Waals surface area contributed by atoms with E-state index < -0.39 is 10.0 Å². The summed E-state index contributed by atoms with van der Waals surface area (Å²) in [6.45, 7) is 6.05. The molecule has 0 aliphatic carbocycles. The SMILES string of the molecule is C[C@H]1CCCN(CCCNS(=O)(=O)c2ccccc2)C1. The largest absolute Gasteiger partial charge is 0.303 e. The second-order valence-electron chi connectivity index (χ2n) is 5.61. The second kappa shape index (κ2) is 7.20. The van der Waals surface area contributed by atoms with Crippen molar-refractivity contribution in [2.75, 3.05) is 26.2 Å². The van der Waals surface area contributed by atoms with Crippen LogP contribution in [0.4, 0.5) is 0 Å². The number of benzene rings is 1. The van der Waals surface area contributed by atoms with Gasteiger partial charge in [-0.15, -0.1) is 0 Å². The molecule has 0 unspecified atom stereocenters. The third-order valence-corrected chi connectivity index (χ3v) is 5.21. The van der Waals surface area contributed by atoms with E-state index in [-0.39, 0.29) is 0 Å². The zero-order valence-electron chi connectivity index (χ0n) is 12.1.